The Bertz CT molecular complexity index is 1190. The molecule has 1 amide bonds. The van der Waals surface area contributed by atoms with Crippen molar-refractivity contribution < 1.29 is 9.53 Å². The average Bonchev–Trinajstić information content (AvgIpc) is 2.77. The second-order valence-corrected chi connectivity index (χ2v) is 8.70. The minimum absolute atomic E-state index is 0.176. The van der Waals surface area contributed by atoms with Crippen LogP contribution in [0.15, 0.2) is 78.0 Å². The monoisotopic (exact) mass is 445 g/mol. The number of rotatable bonds is 6. The van der Waals surface area contributed by atoms with Crippen molar-refractivity contribution in [1.29, 1.82) is 0 Å². The number of nitrogens with one attached hydrogen (secondary N) is 3. The molecule has 5 nitrogen and oxygen atoms in total. The van der Waals surface area contributed by atoms with Gasteiger partial charge in [0, 0.05) is 16.8 Å². The lowest BCUT2D eigenvalue weighted by atomic mass is 9.90. The summed E-state index contributed by atoms with van der Waals surface area (Å²) in [7, 11) is 0. The first-order valence-corrected chi connectivity index (χ1v) is 11.1. The molecule has 6 heteroatoms. The number of anilines is 1. The maximum Gasteiger partial charge on any atom is 0.255 e. The van der Waals surface area contributed by atoms with Gasteiger partial charge in [-0.3, -0.25) is 4.79 Å². The molecule has 1 aliphatic rings. The Kier molecular flexibility index (Phi) is 6.42. The minimum Gasteiger partial charge on any atom is -0.493 e. The topological polar surface area (TPSA) is 62.4 Å². The van der Waals surface area contributed by atoms with Crippen LogP contribution in [0.5, 0.6) is 5.75 Å². The number of ether oxygens (including phenoxy) is 1. The number of hydrogen-bond donors (Lipinski definition) is 3. The lowest BCUT2D eigenvalue weighted by molar-refractivity contribution is -0.113. The van der Waals surface area contributed by atoms with Gasteiger partial charge in [-0.05, 0) is 54.2 Å². The highest BCUT2D eigenvalue weighted by molar-refractivity contribution is 7.80. The van der Waals surface area contributed by atoms with E-state index < -0.39 is 6.04 Å². The van der Waals surface area contributed by atoms with Crippen LogP contribution in [-0.2, 0) is 4.79 Å². The number of allylic oxidation sites excluding steroid dienone is 1. The standard InChI is InChI=1S/C26H27N3O2S/c1-16(2)15-31-22-14-13-21(19-11-7-8-12-20(19)22)24-23(17(3)27-26(32)29-24)25(30)28-18-9-5-4-6-10-18/h4-14,16,24H,15H2,1-3H3,(H,28,30)(H2,27,29,32)/t24-/m1/s1. The van der Waals surface area contributed by atoms with Crippen LogP contribution in [0.25, 0.3) is 10.8 Å². The van der Waals surface area contributed by atoms with Crippen LogP contribution in [0, 0.1) is 5.92 Å². The van der Waals surface area contributed by atoms with Crippen LogP contribution < -0.4 is 20.7 Å². The van der Waals surface area contributed by atoms with Crippen LogP contribution >= 0.6 is 12.2 Å². The molecule has 0 spiro atoms. The largest absolute Gasteiger partial charge is 0.493 e. The quantitative estimate of drug-likeness (QED) is 0.449. The highest BCUT2D eigenvalue weighted by Gasteiger charge is 2.31. The van der Waals surface area contributed by atoms with E-state index in [9.17, 15) is 4.79 Å². The van der Waals surface area contributed by atoms with Crippen molar-refractivity contribution in [1.82, 2.24) is 10.6 Å². The Morgan fingerprint density at radius 2 is 1.72 bits per heavy atom. The molecular weight excluding hydrogens is 418 g/mol. The number of fused-ring (bicyclic) bond motifs is 1. The van der Waals surface area contributed by atoms with Gasteiger partial charge in [-0.2, -0.15) is 0 Å². The number of amides is 1. The molecule has 0 aliphatic carbocycles. The van der Waals surface area contributed by atoms with Gasteiger partial charge in [-0.15, -0.1) is 0 Å². The zero-order valence-corrected chi connectivity index (χ0v) is 19.3. The smallest absolute Gasteiger partial charge is 0.255 e. The summed E-state index contributed by atoms with van der Waals surface area (Å²) in [6.07, 6.45) is 0. The number of carbonyl (C=O) groups excluding carboxylic acids is 1. The van der Waals surface area contributed by atoms with Crippen molar-refractivity contribution in [2.24, 2.45) is 5.92 Å². The Morgan fingerprint density at radius 3 is 2.44 bits per heavy atom. The first-order valence-electron chi connectivity index (χ1n) is 10.7. The number of carbonyl (C=O) groups is 1. The summed E-state index contributed by atoms with van der Waals surface area (Å²) in [6, 6.07) is 21.2. The van der Waals surface area contributed by atoms with E-state index in [1.807, 2.05) is 67.6 Å². The van der Waals surface area contributed by atoms with E-state index in [-0.39, 0.29) is 5.91 Å². The second-order valence-electron chi connectivity index (χ2n) is 8.29. The molecular formula is C26H27N3O2S. The highest BCUT2D eigenvalue weighted by Crippen LogP contribution is 2.36. The van der Waals surface area contributed by atoms with Crippen LogP contribution in [0.3, 0.4) is 0 Å². The van der Waals surface area contributed by atoms with Crippen molar-refractivity contribution in [3.8, 4) is 5.75 Å². The van der Waals surface area contributed by atoms with Gasteiger partial charge in [-0.1, -0.05) is 62.4 Å². The van der Waals surface area contributed by atoms with E-state index in [0.717, 1.165) is 33.5 Å². The van der Waals surface area contributed by atoms with Crippen LogP contribution in [0.1, 0.15) is 32.4 Å². The number of para-hydroxylation sites is 1. The molecule has 1 atom stereocenters. The molecule has 0 bridgehead atoms. The van der Waals surface area contributed by atoms with Gasteiger partial charge >= 0.3 is 0 Å². The molecule has 4 rings (SSSR count). The summed E-state index contributed by atoms with van der Waals surface area (Å²) >= 11 is 5.44. The Morgan fingerprint density at radius 1 is 1.03 bits per heavy atom. The van der Waals surface area contributed by atoms with Gasteiger partial charge in [0.15, 0.2) is 5.11 Å². The van der Waals surface area contributed by atoms with Gasteiger partial charge in [0.2, 0.25) is 0 Å². The zero-order chi connectivity index (χ0) is 22.7. The SMILES string of the molecule is CC1=C(C(=O)Nc2ccccc2)[C@@H](c2ccc(OCC(C)C)c3ccccc23)NC(=S)N1. The minimum atomic E-state index is -0.392. The number of thiocarbonyl (C=S) groups is 1. The number of benzene rings is 3. The van der Waals surface area contributed by atoms with Crippen LogP contribution in [0.4, 0.5) is 5.69 Å². The van der Waals surface area contributed by atoms with Crippen LogP contribution in [0.2, 0.25) is 0 Å². The first kappa shape index (κ1) is 21.8. The fourth-order valence-corrected chi connectivity index (χ4v) is 4.15. The molecule has 0 fully saturated rings. The van der Waals surface area contributed by atoms with Crippen LogP contribution in [-0.4, -0.2) is 17.6 Å². The summed E-state index contributed by atoms with van der Waals surface area (Å²) in [4.78, 5) is 13.3. The van der Waals surface area contributed by atoms with Crippen molar-refractivity contribution in [3.63, 3.8) is 0 Å². The molecule has 32 heavy (non-hydrogen) atoms. The lowest BCUT2D eigenvalue weighted by Gasteiger charge is -2.31. The van der Waals surface area contributed by atoms with Crippen molar-refractivity contribution >= 4 is 39.7 Å². The highest BCUT2D eigenvalue weighted by atomic mass is 32.1. The number of hydrogen-bond acceptors (Lipinski definition) is 3. The lowest BCUT2D eigenvalue weighted by Crippen LogP contribution is -2.45. The molecule has 0 unspecified atom stereocenters. The Labute approximate surface area is 193 Å². The second kappa shape index (κ2) is 9.40. The third-order valence-corrected chi connectivity index (χ3v) is 5.57. The van der Waals surface area contributed by atoms with Crippen molar-refractivity contribution in [2.45, 2.75) is 26.8 Å². The first-order chi connectivity index (χ1) is 15.4. The molecule has 1 aliphatic heterocycles. The fraction of sp³-hybridized carbons (Fsp3) is 0.231. The molecule has 1 heterocycles. The molecule has 0 radical (unpaired) electrons. The van der Waals surface area contributed by atoms with Gasteiger partial charge < -0.3 is 20.7 Å². The Hall–Kier alpha value is -3.38. The summed E-state index contributed by atoms with van der Waals surface area (Å²) in [5, 5.41) is 11.9. The van der Waals surface area contributed by atoms with Crippen molar-refractivity contribution in [3.05, 3.63) is 83.6 Å². The molecule has 0 saturated heterocycles. The summed E-state index contributed by atoms with van der Waals surface area (Å²) < 4.78 is 6.07. The molecule has 3 aromatic rings. The normalized spacial score (nSPS) is 16.0. The predicted octanol–water partition coefficient (Wildman–Crippen LogP) is 5.31. The summed E-state index contributed by atoms with van der Waals surface area (Å²) in [5.74, 6) is 1.09. The van der Waals surface area contributed by atoms with E-state index >= 15 is 0 Å². The molecule has 0 saturated carbocycles. The Balaban J connectivity index is 1.76. The molecule has 164 valence electrons. The summed E-state index contributed by atoms with van der Waals surface area (Å²) in [5.41, 5.74) is 3.05. The van der Waals surface area contributed by atoms with Gasteiger partial charge in [-0.25, -0.2) is 0 Å². The third-order valence-electron chi connectivity index (χ3n) is 5.35. The molecule has 3 N–H and O–H groups in total. The fourth-order valence-electron chi connectivity index (χ4n) is 3.88. The molecule has 3 aromatic carbocycles. The van der Waals surface area contributed by atoms with Gasteiger partial charge in [0.05, 0.1) is 18.2 Å². The van der Waals surface area contributed by atoms with E-state index in [1.165, 1.54) is 0 Å². The van der Waals surface area contributed by atoms with E-state index in [4.69, 9.17) is 17.0 Å². The van der Waals surface area contributed by atoms with E-state index in [1.54, 1.807) is 0 Å². The summed E-state index contributed by atoms with van der Waals surface area (Å²) in [6.45, 7) is 6.77. The maximum atomic E-state index is 13.3. The van der Waals surface area contributed by atoms with Crippen molar-refractivity contribution in [2.75, 3.05) is 11.9 Å². The molecule has 0 aromatic heterocycles. The van der Waals surface area contributed by atoms with Gasteiger partial charge in [0.25, 0.3) is 5.91 Å². The maximum absolute atomic E-state index is 13.3. The predicted molar refractivity (Wildman–Crippen MR) is 134 cm³/mol. The van der Waals surface area contributed by atoms with E-state index in [2.05, 4.69) is 35.9 Å². The third kappa shape index (κ3) is 4.60. The zero-order valence-electron chi connectivity index (χ0n) is 18.4. The van der Waals surface area contributed by atoms with Gasteiger partial charge in [0.1, 0.15) is 5.75 Å². The van der Waals surface area contributed by atoms with E-state index in [0.29, 0.717) is 23.2 Å². The average molecular weight is 446 g/mol.